The van der Waals surface area contributed by atoms with Gasteiger partial charge in [-0.15, -0.1) is 0 Å². The Labute approximate surface area is 145 Å². The lowest BCUT2D eigenvalue weighted by Crippen LogP contribution is -2.26. The van der Waals surface area contributed by atoms with Crippen molar-refractivity contribution in [2.75, 3.05) is 19.5 Å². The molecule has 0 spiro atoms. The van der Waals surface area contributed by atoms with Gasteiger partial charge in [0.05, 0.1) is 26.1 Å². The number of hydrogen-bond acceptors (Lipinski definition) is 5. The number of oxime groups is 1. The maximum Gasteiger partial charge on any atom is 0.268 e. The van der Waals surface area contributed by atoms with Gasteiger partial charge in [-0.3, -0.25) is 4.79 Å². The van der Waals surface area contributed by atoms with Gasteiger partial charge >= 0.3 is 0 Å². The fourth-order valence-electron chi connectivity index (χ4n) is 2.04. The molecule has 0 heterocycles. The topological polar surface area (TPSA) is 69.2 Å². The number of nitrogens with one attached hydrogen (secondary N) is 1. The smallest absolute Gasteiger partial charge is 0.268 e. The first-order valence-electron chi connectivity index (χ1n) is 7.52. The predicted octanol–water partition coefficient (Wildman–Crippen LogP) is 3.22. The molecule has 0 saturated carbocycles. The lowest BCUT2D eigenvalue weighted by molar-refractivity contribution is -0.126. The summed E-state index contributed by atoms with van der Waals surface area (Å²) >= 11 is 0. The number of methoxy groups -OCH3 is 2. The zero-order valence-corrected chi connectivity index (χ0v) is 14.2. The molecule has 0 aliphatic rings. The molecule has 132 valence electrons. The number of carbonyl (C=O) groups excluding carboxylic acids is 1. The average molecular weight is 346 g/mol. The van der Waals surface area contributed by atoms with Gasteiger partial charge in [0.2, 0.25) is 6.10 Å². The van der Waals surface area contributed by atoms with Crippen molar-refractivity contribution >= 4 is 17.8 Å². The summed E-state index contributed by atoms with van der Waals surface area (Å²) < 4.78 is 24.0. The zero-order chi connectivity index (χ0) is 18.2. The highest BCUT2D eigenvalue weighted by Gasteiger charge is 2.16. The largest absolute Gasteiger partial charge is 0.493 e. The number of amides is 1. The molecule has 2 aromatic rings. The van der Waals surface area contributed by atoms with Gasteiger partial charge in [0.15, 0.2) is 11.5 Å². The second-order valence-electron chi connectivity index (χ2n) is 5.03. The van der Waals surface area contributed by atoms with Gasteiger partial charge in [-0.2, -0.15) is 0 Å². The van der Waals surface area contributed by atoms with Crippen molar-refractivity contribution in [2.24, 2.45) is 5.16 Å². The molecule has 7 heteroatoms. The van der Waals surface area contributed by atoms with E-state index in [0.717, 1.165) is 0 Å². The van der Waals surface area contributed by atoms with Crippen LogP contribution in [0.15, 0.2) is 47.6 Å². The van der Waals surface area contributed by atoms with E-state index < -0.39 is 17.8 Å². The van der Waals surface area contributed by atoms with E-state index in [1.165, 1.54) is 45.6 Å². The summed E-state index contributed by atoms with van der Waals surface area (Å²) in [4.78, 5) is 17.1. The summed E-state index contributed by atoms with van der Waals surface area (Å²) in [7, 11) is 3.05. The van der Waals surface area contributed by atoms with Crippen LogP contribution in [-0.2, 0) is 9.63 Å². The molecule has 0 saturated heterocycles. The molecule has 0 bridgehead atoms. The Morgan fingerprint density at radius 3 is 2.60 bits per heavy atom. The summed E-state index contributed by atoms with van der Waals surface area (Å²) in [6, 6.07) is 11.2. The monoisotopic (exact) mass is 346 g/mol. The van der Waals surface area contributed by atoms with E-state index in [1.807, 2.05) is 0 Å². The molecular formula is C18H19FN2O4. The average Bonchev–Trinajstić information content (AvgIpc) is 2.63. The number of carbonyl (C=O) groups is 1. The Kier molecular flexibility index (Phi) is 6.33. The number of hydrogen-bond donors (Lipinski definition) is 1. The zero-order valence-electron chi connectivity index (χ0n) is 14.2. The number of benzene rings is 2. The molecule has 1 N–H and O–H groups in total. The van der Waals surface area contributed by atoms with E-state index in [0.29, 0.717) is 17.1 Å². The van der Waals surface area contributed by atoms with Crippen LogP contribution in [0.4, 0.5) is 10.1 Å². The van der Waals surface area contributed by atoms with Crippen molar-refractivity contribution in [1.82, 2.24) is 0 Å². The second kappa shape index (κ2) is 8.68. The highest BCUT2D eigenvalue weighted by molar-refractivity contribution is 5.94. The third-order valence-corrected chi connectivity index (χ3v) is 3.35. The first-order valence-corrected chi connectivity index (χ1v) is 7.52. The van der Waals surface area contributed by atoms with Gasteiger partial charge in [0.25, 0.3) is 5.91 Å². The Balaban J connectivity index is 2.00. The van der Waals surface area contributed by atoms with Gasteiger partial charge in [-0.1, -0.05) is 23.4 Å². The van der Waals surface area contributed by atoms with Crippen LogP contribution >= 0.6 is 0 Å². The van der Waals surface area contributed by atoms with Crippen LogP contribution in [0.3, 0.4) is 0 Å². The van der Waals surface area contributed by atoms with Crippen molar-refractivity contribution in [2.45, 2.75) is 13.0 Å². The van der Waals surface area contributed by atoms with Crippen LogP contribution in [0.1, 0.15) is 12.5 Å². The molecule has 2 rings (SSSR count). The Morgan fingerprint density at radius 2 is 1.92 bits per heavy atom. The molecule has 25 heavy (non-hydrogen) atoms. The van der Waals surface area contributed by atoms with Crippen molar-refractivity contribution < 1.29 is 23.5 Å². The summed E-state index contributed by atoms with van der Waals surface area (Å²) in [6.07, 6.45) is 0.501. The molecule has 0 unspecified atom stereocenters. The van der Waals surface area contributed by atoms with E-state index >= 15 is 0 Å². The number of nitrogens with zero attached hydrogens (tertiary/aromatic N) is 1. The number of anilines is 1. The summed E-state index contributed by atoms with van der Waals surface area (Å²) in [5, 5.41) is 6.24. The van der Waals surface area contributed by atoms with E-state index in [2.05, 4.69) is 10.5 Å². The quantitative estimate of drug-likeness (QED) is 0.617. The fourth-order valence-corrected chi connectivity index (χ4v) is 2.04. The Hall–Kier alpha value is -3.09. The maximum absolute atomic E-state index is 13.5. The second-order valence-corrected chi connectivity index (χ2v) is 5.03. The minimum absolute atomic E-state index is 0.0846. The van der Waals surface area contributed by atoms with E-state index in [4.69, 9.17) is 14.3 Å². The third-order valence-electron chi connectivity index (χ3n) is 3.35. The molecule has 0 fully saturated rings. The van der Waals surface area contributed by atoms with E-state index in [9.17, 15) is 9.18 Å². The van der Waals surface area contributed by atoms with Crippen LogP contribution in [0, 0.1) is 5.82 Å². The first-order chi connectivity index (χ1) is 12.1. The van der Waals surface area contributed by atoms with E-state index in [1.54, 1.807) is 24.3 Å². The summed E-state index contributed by atoms with van der Waals surface area (Å²) in [5.41, 5.74) is 0.713. The molecule has 2 aromatic carbocycles. The normalized spacial score (nSPS) is 11.8. The lowest BCUT2D eigenvalue weighted by atomic mass is 10.2. The standard InChI is InChI=1S/C18H19FN2O4/c1-12(18(22)21-15-9-5-4-8-14(15)19)25-20-11-13-7-6-10-16(23-2)17(13)24-3/h4-12H,1-3H3,(H,21,22)/b20-11-/t12-/m1/s1. The molecule has 0 aliphatic carbocycles. The van der Waals surface area contributed by atoms with Crippen LogP contribution < -0.4 is 14.8 Å². The lowest BCUT2D eigenvalue weighted by Gasteiger charge is -2.12. The summed E-state index contributed by atoms with van der Waals surface area (Å²) in [6.45, 7) is 1.51. The van der Waals surface area contributed by atoms with Crippen molar-refractivity contribution in [3.05, 3.63) is 53.8 Å². The predicted molar refractivity (Wildman–Crippen MR) is 92.7 cm³/mol. The highest BCUT2D eigenvalue weighted by Crippen LogP contribution is 2.29. The van der Waals surface area contributed by atoms with Crippen molar-refractivity contribution in [1.29, 1.82) is 0 Å². The van der Waals surface area contributed by atoms with Crippen LogP contribution in [-0.4, -0.2) is 32.4 Å². The maximum atomic E-state index is 13.5. The molecule has 6 nitrogen and oxygen atoms in total. The third kappa shape index (κ3) is 4.69. The molecule has 1 amide bonds. The summed E-state index contributed by atoms with van der Waals surface area (Å²) in [5.74, 6) is 0.0186. The van der Waals surface area contributed by atoms with Gasteiger partial charge in [-0.05, 0) is 31.2 Å². The number of ether oxygens (including phenoxy) is 2. The fraction of sp³-hybridized carbons (Fsp3) is 0.222. The highest BCUT2D eigenvalue weighted by atomic mass is 19.1. The SMILES string of the molecule is COc1cccc(/C=N\O[C@H](C)C(=O)Nc2ccccc2F)c1OC. The molecular weight excluding hydrogens is 327 g/mol. The molecule has 0 aliphatic heterocycles. The van der Waals surface area contributed by atoms with Crippen LogP contribution in [0.5, 0.6) is 11.5 Å². The molecule has 0 radical (unpaired) electrons. The van der Waals surface area contributed by atoms with Gasteiger partial charge in [0.1, 0.15) is 5.82 Å². The minimum Gasteiger partial charge on any atom is -0.493 e. The van der Waals surface area contributed by atoms with Crippen LogP contribution in [0.2, 0.25) is 0 Å². The Bertz CT molecular complexity index is 764. The van der Waals surface area contributed by atoms with Gasteiger partial charge < -0.3 is 19.6 Å². The van der Waals surface area contributed by atoms with Gasteiger partial charge in [-0.25, -0.2) is 4.39 Å². The molecule has 1 atom stereocenters. The van der Waals surface area contributed by atoms with Crippen molar-refractivity contribution in [3.63, 3.8) is 0 Å². The van der Waals surface area contributed by atoms with Crippen LogP contribution in [0.25, 0.3) is 0 Å². The van der Waals surface area contributed by atoms with Crippen molar-refractivity contribution in [3.8, 4) is 11.5 Å². The minimum atomic E-state index is -0.910. The number of rotatable bonds is 7. The van der Waals surface area contributed by atoms with E-state index in [-0.39, 0.29) is 5.69 Å². The molecule has 0 aromatic heterocycles. The Morgan fingerprint density at radius 1 is 1.16 bits per heavy atom. The van der Waals surface area contributed by atoms with Gasteiger partial charge in [0, 0.05) is 5.56 Å². The first kappa shape index (κ1) is 18.3. The number of para-hydroxylation sites is 2. The number of halogens is 1.